The number of oxazole rings is 1. The summed E-state index contributed by atoms with van der Waals surface area (Å²) in [7, 11) is 0. The predicted octanol–water partition coefficient (Wildman–Crippen LogP) is 4.66. The van der Waals surface area contributed by atoms with Gasteiger partial charge in [-0.05, 0) is 48.9 Å². The number of nitriles is 1. The minimum Gasteiger partial charge on any atom is -0.428 e. The highest BCUT2D eigenvalue weighted by Gasteiger charge is 2.18. The number of aryl methyl sites for hydroxylation is 1. The number of benzene rings is 2. The van der Waals surface area contributed by atoms with Gasteiger partial charge in [0.25, 0.3) is 0 Å². The molecule has 1 heterocycles. The normalized spacial score (nSPS) is 10.3. The van der Waals surface area contributed by atoms with Gasteiger partial charge in [0.1, 0.15) is 11.5 Å². The van der Waals surface area contributed by atoms with Gasteiger partial charge in [0, 0.05) is 10.7 Å². The second-order valence-corrected chi connectivity index (χ2v) is 5.86. The molecule has 0 amide bonds. The first kappa shape index (κ1) is 16.7. The van der Waals surface area contributed by atoms with Crippen LogP contribution in [0.3, 0.4) is 0 Å². The number of aldehydes is 1. The van der Waals surface area contributed by atoms with Crippen LogP contribution in [-0.4, -0.2) is 11.3 Å². The summed E-state index contributed by atoms with van der Waals surface area (Å²) in [6, 6.07) is 16.9. The molecule has 5 nitrogen and oxygen atoms in total. The van der Waals surface area contributed by atoms with E-state index in [-0.39, 0.29) is 5.69 Å². The van der Waals surface area contributed by atoms with Gasteiger partial charge in [-0.1, -0.05) is 23.7 Å². The molecule has 0 saturated carbocycles. The van der Waals surface area contributed by atoms with E-state index >= 15 is 0 Å². The van der Waals surface area contributed by atoms with Crippen LogP contribution in [0.1, 0.15) is 27.4 Å². The fourth-order valence-corrected chi connectivity index (χ4v) is 2.50. The van der Waals surface area contributed by atoms with Crippen molar-refractivity contribution in [2.45, 2.75) is 13.5 Å². The van der Waals surface area contributed by atoms with Gasteiger partial charge in [-0.25, -0.2) is 0 Å². The summed E-state index contributed by atoms with van der Waals surface area (Å²) < 4.78 is 5.67. The van der Waals surface area contributed by atoms with Crippen molar-refractivity contribution in [1.29, 1.82) is 5.26 Å². The molecule has 0 saturated heterocycles. The Kier molecular flexibility index (Phi) is 4.82. The third kappa shape index (κ3) is 3.70. The lowest BCUT2D eigenvalue weighted by Gasteiger charge is -2.21. The molecule has 1 aromatic heterocycles. The summed E-state index contributed by atoms with van der Waals surface area (Å²) in [5.41, 5.74) is 2.63. The Labute approximate surface area is 150 Å². The molecule has 0 aliphatic rings. The molecular weight excluding hydrogens is 338 g/mol. The van der Waals surface area contributed by atoms with Gasteiger partial charge in [-0.2, -0.15) is 10.2 Å². The number of halogens is 1. The summed E-state index contributed by atoms with van der Waals surface area (Å²) in [4.78, 5) is 17.2. The molecule has 3 rings (SSSR count). The Bertz CT molecular complexity index is 925. The second-order valence-electron chi connectivity index (χ2n) is 5.43. The number of rotatable bonds is 5. The lowest BCUT2D eigenvalue weighted by molar-refractivity contribution is 0.111. The summed E-state index contributed by atoms with van der Waals surface area (Å²) in [6.07, 6.45) is 0.668. The summed E-state index contributed by atoms with van der Waals surface area (Å²) >= 11 is 5.94. The molecule has 0 atom stereocenters. The average molecular weight is 352 g/mol. The van der Waals surface area contributed by atoms with Gasteiger partial charge in [0.05, 0.1) is 18.2 Å². The molecule has 0 N–H and O–H groups in total. The minimum absolute atomic E-state index is 0.268. The van der Waals surface area contributed by atoms with E-state index in [1.54, 1.807) is 19.1 Å². The van der Waals surface area contributed by atoms with Crippen LogP contribution in [-0.2, 0) is 6.54 Å². The number of carbonyl (C=O) groups excluding carboxylic acids is 1. The molecule has 0 unspecified atom stereocenters. The van der Waals surface area contributed by atoms with E-state index in [0.717, 1.165) is 11.3 Å². The van der Waals surface area contributed by atoms with Crippen LogP contribution in [0.15, 0.2) is 52.9 Å². The molecule has 0 aliphatic carbocycles. The number of hydrogen-bond acceptors (Lipinski definition) is 5. The molecule has 0 fully saturated rings. The predicted molar refractivity (Wildman–Crippen MR) is 95.1 cm³/mol. The lowest BCUT2D eigenvalue weighted by atomic mass is 10.1. The van der Waals surface area contributed by atoms with Gasteiger partial charge in [-0.3, -0.25) is 9.69 Å². The largest absolute Gasteiger partial charge is 0.428 e. The van der Waals surface area contributed by atoms with E-state index < -0.39 is 0 Å². The Morgan fingerprint density at radius 1 is 1.20 bits per heavy atom. The van der Waals surface area contributed by atoms with Crippen molar-refractivity contribution in [3.05, 3.63) is 76.1 Å². The van der Waals surface area contributed by atoms with Crippen molar-refractivity contribution >= 4 is 29.6 Å². The second kappa shape index (κ2) is 7.20. The van der Waals surface area contributed by atoms with Gasteiger partial charge in [0.2, 0.25) is 0 Å². The van der Waals surface area contributed by atoms with Crippen molar-refractivity contribution in [3.63, 3.8) is 0 Å². The van der Waals surface area contributed by atoms with Gasteiger partial charge in [-0.15, -0.1) is 0 Å². The number of carbonyl (C=O) groups is 1. The van der Waals surface area contributed by atoms with Crippen molar-refractivity contribution in [2.75, 3.05) is 4.90 Å². The van der Waals surface area contributed by atoms with E-state index in [9.17, 15) is 4.79 Å². The van der Waals surface area contributed by atoms with Crippen LogP contribution in [0.4, 0.5) is 11.7 Å². The fraction of sp³-hybridized carbons (Fsp3) is 0.105. The first-order valence-electron chi connectivity index (χ1n) is 7.55. The highest BCUT2D eigenvalue weighted by atomic mass is 35.5. The molecular formula is C19H14ClN3O2. The van der Waals surface area contributed by atoms with Crippen molar-refractivity contribution in [1.82, 2.24) is 4.98 Å². The number of nitrogens with zero attached hydrogens (tertiary/aromatic N) is 3. The monoisotopic (exact) mass is 351 g/mol. The minimum atomic E-state index is 0.268. The Balaban J connectivity index is 2.01. The standard InChI is InChI=1S/C19H14ClN3O2/c1-13-18(12-24)22-19(25-13)23(11-15-2-6-16(20)7-3-15)17-8-4-14(10-21)5-9-17/h2-9,12H,11H2,1H3. The van der Waals surface area contributed by atoms with E-state index in [0.29, 0.717) is 35.2 Å². The topological polar surface area (TPSA) is 70.1 Å². The van der Waals surface area contributed by atoms with Crippen LogP contribution in [0, 0.1) is 18.3 Å². The van der Waals surface area contributed by atoms with E-state index in [2.05, 4.69) is 11.1 Å². The van der Waals surface area contributed by atoms with Crippen LogP contribution < -0.4 is 4.90 Å². The van der Waals surface area contributed by atoms with Crippen LogP contribution >= 0.6 is 11.6 Å². The molecule has 0 aliphatic heterocycles. The van der Waals surface area contributed by atoms with Crippen LogP contribution in [0.5, 0.6) is 0 Å². The van der Waals surface area contributed by atoms with E-state index in [4.69, 9.17) is 21.3 Å². The maximum Gasteiger partial charge on any atom is 0.303 e. The molecule has 2 aromatic carbocycles. The molecule has 0 radical (unpaired) electrons. The zero-order valence-electron chi connectivity index (χ0n) is 13.4. The van der Waals surface area contributed by atoms with Gasteiger partial charge < -0.3 is 4.42 Å². The molecule has 0 bridgehead atoms. The van der Waals surface area contributed by atoms with E-state index in [1.165, 1.54) is 0 Å². The number of anilines is 2. The summed E-state index contributed by atoms with van der Waals surface area (Å²) in [6.45, 7) is 2.17. The van der Waals surface area contributed by atoms with Crippen molar-refractivity contribution in [3.8, 4) is 6.07 Å². The molecule has 0 spiro atoms. The first-order valence-corrected chi connectivity index (χ1v) is 7.93. The highest BCUT2D eigenvalue weighted by Crippen LogP contribution is 2.29. The third-order valence-electron chi connectivity index (χ3n) is 3.73. The maximum atomic E-state index is 11.1. The van der Waals surface area contributed by atoms with Gasteiger partial charge >= 0.3 is 6.01 Å². The van der Waals surface area contributed by atoms with Crippen molar-refractivity contribution in [2.24, 2.45) is 0 Å². The molecule has 25 heavy (non-hydrogen) atoms. The van der Waals surface area contributed by atoms with Gasteiger partial charge in [0.15, 0.2) is 6.29 Å². The average Bonchev–Trinajstić information content (AvgIpc) is 3.02. The summed E-state index contributed by atoms with van der Waals surface area (Å²) in [5, 5.41) is 9.63. The summed E-state index contributed by atoms with van der Waals surface area (Å²) in [5.74, 6) is 0.458. The van der Waals surface area contributed by atoms with Crippen molar-refractivity contribution < 1.29 is 9.21 Å². The fourth-order valence-electron chi connectivity index (χ4n) is 2.38. The lowest BCUT2D eigenvalue weighted by Crippen LogP contribution is -2.17. The number of hydrogen-bond donors (Lipinski definition) is 0. The zero-order valence-corrected chi connectivity index (χ0v) is 14.2. The third-order valence-corrected chi connectivity index (χ3v) is 3.98. The van der Waals surface area contributed by atoms with Crippen LogP contribution in [0.2, 0.25) is 5.02 Å². The quantitative estimate of drug-likeness (QED) is 0.625. The smallest absolute Gasteiger partial charge is 0.303 e. The molecule has 6 heteroatoms. The Morgan fingerprint density at radius 3 is 2.44 bits per heavy atom. The maximum absolute atomic E-state index is 11.1. The first-order chi connectivity index (χ1) is 12.1. The number of aromatic nitrogens is 1. The van der Waals surface area contributed by atoms with E-state index in [1.807, 2.05) is 41.3 Å². The molecule has 124 valence electrons. The zero-order chi connectivity index (χ0) is 17.8. The van der Waals surface area contributed by atoms with Crippen LogP contribution in [0.25, 0.3) is 0 Å². The SMILES string of the molecule is Cc1oc(N(Cc2ccc(Cl)cc2)c2ccc(C#N)cc2)nc1C=O. The molecule has 3 aromatic rings. The Morgan fingerprint density at radius 2 is 1.88 bits per heavy atom. The highest BCUT2D eigenvalue weighted by molar-refractivity contribution is 6.30. The Hall–Kier alpha value is -3.10.